The molecular formula is C25H22F9N7O7S2. The summed E-state index contributed by atoms with van der Waals surface area (Å²) in [6, 6.07) is 2.32. The van der Waals surface area contributed by atoms with E-state index in [-0.39, 0.29) is 42.0 Å². The van der Waals surface area contributed by atoms with Crippen molar-refractivity contribution >= 4 is 32.3 Å². The molecule has 1 fully saturated rings. The molecule has 1 aliphatic heterocycles. The van der Waals surface area contributed by atoms with Gasteiger partial charge in [-0.25, -0.2) is 8.42 Å². The van der Waals surface area contributed by atoms with Gasteiger partial charge in [-0.2, -0.15) is 27.1 Å². The Labute approximate surface area is 277 Å². The lowest BCUT2D eigenvalue weighted by molar-refractivity contribution is -0.361. The summed E-state index contributed by atoms with van der Waals surface area (Å²) in [5, 5.41) is 21.1. The summed E-state index contributed by atoms with van der Waals surface area (Å²) in [6.07, 6.45) is -11.7. The van der Waals surface area contributed by atoms with Crippen LogP contribution in [0.25, 0.3) is 4.96 Å². The summed E-state index contributed by atoms with van der Waals surface area (Å²) in [6.45, 7) is 0.237. The van der Waals surface area contributed by atoms with Crippen molar-refractivity contribution in [3.05, 3.63) is 69.1 Å². The maximum Gasteiger partial charge on any atom is 0.573 e. The van der Waals surface area contributed by atoms with Crippen LogP contribution in [-0.4, -0.2) is 88.6 Å². The van der Waals surface area contributed by atoms with Gasteiger partial charge in [0.1, 0.15) is 11.8 Å². The molecule has 3 heterocycles. The lowest BCUT2D eigenvalue weighted by Crippen LogP contribution is -2.56. The summed E-state index contributed by atoms with van der Waals surface area (Å²) < 4.78 is 147. The molecule has 1 saturated heterocycles. The number of hydrogen-bond donors (Lipinski definition) is 3. The molecule has 1 unspecified atom stereocenters. The average Bonchev–Trinajstić information content (AvgIpc) is 3.46. The second kappa shape index (κ2) is 14.2. The van der Waals surface area contributed by atoms with E-state index in [4.69, 9.17) is 10.8 Å². The number of halogens is 9. The molecule has 50 heavy (non-hydrogen) atoms. The minimum absolute atomic E-state index is 0.0518. The third-order valence-electron chi connectivity index (χ3n) is 6.73. The largest absolute Gasteiger partial charge is 0.573 e. The quantitative estimate of drug-likeness (QED) is 0.299. The molecule has 0 spiro atoms. The third kappa shape index (κ3) is 8.94. The molecule has 1 aliphatic carbocycles. The summed E-state index contributed by atoms with van der Waals surface area (Å²) in [5.41, 5.74) is 0.330. The van der Waals surface area contributed by atoms with Crippen LogP contribution in [0, 0.1) is 0 Å². The molecule has 25 heteroatoms. The van der Waals surface area contributed by atoms with Gasteiger partial charge in [0.25, 0.3) is 0 Å². The van der Waals surface area contributed by atoms with Gasteiger partial charge in [-0.15, -0.1) is 36.5 Å². The third-order valence-corrected chi connectivity index (χ3v) is 9.71. The summed E-state index contributed by atoms with van der Waals surface area (Å²) >= 11 is 0.460. The molecule has 4 N–H and O–H groups in total. The molecule has 274 valence electrons. The number of aliphatic carboxylic acids is 1. The molecule has 3 aromatic rings. The van der Waals surface area contributed by atoms with Crippen LogP contribution < -0.4 is 21.3 Å². The Morgan fingerprint density at radius 2 is 1.74 bits per heavy atom. The first kappa shape index (κ1) is 38.6. The Morgan fingerprint density at radius 1 is 1.08 bits per heavy atom. The van der Waals surface area contributed by atoms with E-state index in [0.717, 1.165) is 34.6 Å². The highest BCUT2D eigenvalue weighted by Gasteiger charge is 2.47. The summed E-state index contributed by atoms with van der Waals surface area (Å²) in [4.78, 5) is 22.4. The van der Waals surface area contributed by atoms with Gasteiger partial charge >= 0.3 is 30.4 Å². The maximum atomic E-state index is 12.9. The first-order chi connectivity index (χ1) is 23.1. The monoisotopic (exact) mass is 767 g/mol. The van der Waals surface area contributed by atoms with E-state index in [0.29, 0.717) is 16.9 Å². The van der Waals surface area contributed by atoms with Crippen LogP contribution in [0.2, 0.25) is 0 Å². The van der Waals surface area contributed by atoms with Crippen molar-refractivity contribution in [1.29, 1.82) is 0 Å². The van der Waals surface area contributed by atoms with Gasteiger partial charge in [-0.1, -0.05) is 23.5 Å². The fraction of sp³-hybridized carbons (Fsp3) is 0.400. The zero-order chi connectivity index (χ0) is 37.3. The standard InChI is InChI=1S/C13H9F6N5O2S.C12H13F3N2O5S/c14-12(15,16)7-8(25)24-10(22-21-7)27-9(23-24)11(26-13(17,18)19)3-1-6(5-20)2-4-11;13-12(14,15)22-8-1-3-9(4-2-8)23(20,21)17-6-5-16-7-10(17)11(18)19/h1-3H,4-5,20H2;1-4,10,16H,5-7H2,(H,18,19)/t11-;/m0./s1. The number of benzene rings is 1. The Hall–Kier alpha value is -4.17. The van der Waals surface area contributed by atoms with E-state index in [9.17, 15) is 57.5 Å². The lowest BCUT2D eigenvalue weighted by Gasteiger charge is -2.32. The molecule has 1 aromatic carbocycles. The molecule has 0 amide bonds. The van der Waals surface area contributed by atoms with E-state index in [1.54, 1.807) is 0 Å². The van der Waals surface area contributed by atoms with Crippen molar-refractivity contribution in [2.75, 3.05) is 26.2 Å². The molecule has 0 saturated carbocycles. The second-order valence-corrected chi connectivity index (χ2v) is 13.0. The van der Waals surface area contributed by atoms with Crippen LogP contribution in [0.3, 0.4) is 0 Å². The van der Waals surface area contributed by atoms with Gasteiger partial charge in [-0.05, 0) is 35.9 Å². The van der Waals surface area contributed by atoms with Crippen molar-refractivity contribution in [2.45, 2.75) is 41.9 Å². The Bertz CT molecular complexity index is 1940. The number of nitrogens with one attached hydrogen (secondary N) is 1. The molecule has 2 aliphatic rings. The summed E-state index contributed by atoms with van der Waals surface area (Å²) in [7, 11) is -4.14. The van der Waals surface area contributed by atoms with E-state index >= 15 is 0 Å². The number of alkyl halides is 9. The maximum absolute atomic E-state index is 12.9. The normalized spacial score (nSPS) is 20.6. The Morgan fingerprint density at radius 3 is 2.26 bits per heavy atom. The number of piperazine rings is 1. The smallest absolute Gasteiger partial charge is 0.480 e. The van der Waals surface area contributed by atoms with E-state index < -0.39 is 73.5 Å². The Balaban J connectivity index is 0.000000228. The van der Waals surface area contributed by atoms with Gasteiger partial charge in [0, 0.05) is 32.6 Å². The number of sulfonamides is 1. The lowest BCUT2D eigenvalue weighted by atomic mass is 9.92. The van der Waals surface area contributed by atoms with Gasteiger partial charge in [0.15, 0.2) is 10.6 Å². The van der Waals surface area contributed by atoms with Crippen LogP contribution in [0.5, 0.6) is 5.75 Å². The molecule has 2 aromatic heterocycles. The molecule has 5 rings (SSSR count). The highest BCUT2D eigenvalue weighted by atomic mass is 32.2. The van der Waals surface area contributed by atoms with Gasteiger partial charge in [0.05, 0.1) is 4.90 Å². The number of carbonyl (C=O) groups is 1. The van der Waals surface area contributed by atoms with Crippen molar-refractivity contribution in [2.24, 2.45) is 5.73 Å². The number of ether oxygens (including phenoxy) is 2. The number of nitrogens with two attached hydrogens (primary N) is 1. The van der Waals surface area contributed by atoms with E-state index in [1.807, 2.05) is 0 Å². The number of rotatable bonds is 7. The van der Waals surface area contributed by atoms with Crippen molar-refractivity contribution in [3.63, 3.8) is 0 Å². The van der Waals surface area contributed by atoms with Crippen molar-refractivity contribution < 1.29 is 67.3 Å². The first-order valence-electron chi connectivity index (χ1n) is 13.6. The average molecular weight is 768 g/mol. The number of carboxylic acids is 1. The number of fused-ring (bicyclic) bond motifs is 1. The minimum Gasteiger partial charge on any atom is -0.480 e. The van der Waals surface area contributed by atoms with Gasteiger partial charge in [0.2, 0.25) is 20.7 Å². The molecule has 0 bridgehead atoms. The zero-order valence-corrected chi connectivity index (χ0v) is 26.2. The topological polar surface area (TPSA) is 191 Å². The number of carboxylic acid groups (broad SMARTS) is 1. The second-order valence-electron chi connectivity index (χ2n) is 10.1. The fourth-order valence-electron chi connectivity index (χ4n) is 4.49. The molecule has 14 nitrogen and oxygen atoms in total. The molecule has 0 radical (unpaired) electrons. The van der Waals surface area contributed by atoms with E-state index in [2.05, 4.69) is 30.1 Å². The van der Waals surface area contributed by atoms with Crippen LogP contribution in [-0.2, 0) is 31.3 Å². The predicted molar refractivity (Wildman–Crippen MR) is 151 cm³/mol. The SMILES string of the molecule is NCC1=CC[C@](OC(F)(F)F)(c2nn3c(=O)c(C(F)(F)F)nnc3s2)C=C1.O=C(O)C1CNCCN1S(=O)(=O)c1ccc(OC(F)(F)F)cc1. The highest BCUT2D eigenvalue weighted by molar-refractivity contribution is 7.89. The van der Waals surface area contributed by atoms with Crippen LogP contribution >= 0.6 is 11.3 Å². The number of hydrogen-bond acceptors (Lipinski definition) is 12. The fourth-order valence-corrected chi connectivity index (χ4v) is 7.03. The summed E-state index contributed by atoms with van der Waals surface area (Å²) in [5.74, 6) is -1.87. The number of aromatic nitrogens is 4. The van der Waals surface area contributed by atoms with Gasteiger partial charge in [-0.3, -0.25) is 14.3 Å². The van der Waals surface area contributed by atoms with Crippen LogP contribution in [0.4, 0.5) is 39.5 Å². The van der Waals surface area contributed by atoms with Crippen LogP contribution in [0.15, 0.2) is 57.8 Å². The van der Waals surface area contributed by atoms with Crippen molar-refractivity contribution in [1.82, 2.24) is 29.4 Å². The number of nitrogens with zero attached hydrogens (tertiary/aromatic N) is 5. The van der Waals surface area contributed by atoms with Gasteiger partial charge < -0.3 is 20.9 Å². The zero-order valence-electron chi connectivity index (χ0n) is 24.6. The highest BCUT2D eigenvalue weighted by Crippen LogP contribution is 2.42. The Kier molecular flexibility index (Phi) is 11.0. The van der Waals surface area contributed by atoms with E-state index in [1.165, 1.54) is 12.2 Å². The molecule has 2 atom stereocenters. The van der Waals surface area contributed by atoms with Crippen molar-refractivity contribution in [3.8, 4) is 5.75 Å². The molecular weight excluding hydrogens is 745 g/mol. The predicted octanol–water partition coefficient (Wildman–Crippen LogP) is 2.77. The minimum atomic E-state index is -5.08. The first-order valence-corrected chi connectivity index (χ1v) is 15.8. The van der Waals surface area contributed by atoms with Crippen LogP contribution in [0.1, 0.15) is 17.1 Å².